The summed E-state index contributed by atoms with van der Waals surface area (Å²) in [4.78, 5) is 20.0. The Balaban J connectivity index is 2.34. The van der Waals surface area contributed by atoms with Gasteiger partial charge < -0.3 is 4.74 Å². The van der Waals surface area contributed by atoms with E-state index in [0.29, 0.717) is 0 Å². The van der Waals surface area contributed by atoms with Gasteiger partial charge in [0.05, 0.1) is 9.85 Å². The largest absolute Gasteiger partial charge is 0.481 e. The molecule has 114 valence electrons. The lowest BCUT2D eigenvalue weighted by molar-refractivity contribution is -0.387. The van der Waals surface area contributed by atoms with Crippen LogP contribution in [0.15, 0.2) is 36.4 Å². The highest BCUT2D eigenvalue weighted by Crippen LogP contribution is 2.30. The fourth-order valence-corrected chi connectivity index (χ4v) is 1.77. The fourth-order valence-electron chi connectivity index (χ4n) is 1.77. The van der Waals surface area contributed by atoms with Gasteiger partial charge in [-0.1, -0.05) is 6.07 Å². The molecule has 0 aliphatic rings. The molecule has 0 N–H and O–H groups in total. The molecule has 0 amide bonds. The summed E-state index contributed by atoms with van der Waals surface area (Å²) in [5.74, 6) is -2.13. The summed E-state index contributed by atoms with van der Waals surface area (Å²) in [5.41, 5.74) is -1.44. The van der Waals surface area contributed by atoms with E-state index in [9.17, 15) is 29.0 Å². The molecule has 0 fully saturated rings. The number of hydrogen-bond acceptors (Lipinski definition) is 5. The van der Waals surface area contributed by atoms with Crippen molar-refractivity contribution in [2.45, 2.75) is 6.61 Å². The van der Waals surface area contributed by atoms with E-state index in [4.69, 9.17) is 4.74 Å². The Morgan fingerprint density at radius 3 is 2.32 bits per heavy atom. The van der Waals surface area contributed by atoms with E-state index in [1.54, 1.807) is 0 Å². The third kappa shape index (κ3) is 3.14. The van der Waals surface area contributed by atoms with Crippen LogP contribution in [0.4, 0.5) is 20.2 Å². The minimum Gasteiger partial charge on any atom is -0.481 e. The third-order valence-corrected chi connectivity index (χ3v) is 2.78. The monoisotopic (exact) mass is 310 g/mol. The lowest BCUT2D eigenvalue weighted by atomic mass is 10.2. The molecule has 0 aliphatic heterocycles. The van der Waals surface area contributed by atoms with Crippen molar-refractivity contribution in [1.29, 1.82) is 0 Å². The van der Waals surface area contributed by atoms with E-state index in [0.717, 1.165) is 36.4 Å². The zero-order valence-corrected chi connectivity index (χ0v) is 10.9. The lowest BCUT2D eigenvalue weighted by Gasteiger charge is -2.08. The summed E-state index contributed by atoms with van der Waals surface area (Å²) in [6.07, 6.45) is 0. The maximum atomic E-state index is 13.7. The fraction of sp³-hybridized carbons (Fsp3) is 0.0769. The molecule has 0 unspecified atom stereocenters. The SMILES string of the molecule is O=[N+]([O-])c1ccc(F)cc1OCc1c(F)cccc1[N+](=O)[O-]. The van der Waals surface area contributed by atoms with Gasteiger partial charge in [0, 0.05) is 18.2 Å². The molecule has 0 radical (unpaired) electrons. The first-order valence-electron chi connectivity index (χ1n) is 5.88. The second-order valence-corrected chi connectivity index (χ2v) is 4.15. The van der Waals surface area contributed by atoms with Crippen LogP contribution in [0.25, 0.3) is 0 Å². The van der Waals surface area contributed by atoms with Crippen molar-refractivity contribution in [2.24, 2.45) is 0 Å². The molecule has 0 aromatic heterocycles. The maximum absolute atomic E-state index is 13.7. The van der Waals surface area contributed by atoms with Gasteiger partial charge in [-0.25, -0.2) is 8.78 Å². The second-order valence-electron chi connectivity index (χ2n) is 4.15. The molecule has 0 aliphatic carbocycles. The van der Waals surface area contributed by atoms with Gasteiger partial charge in [-0.15, -0.1) is 0 Å². The van der Waals surface area contributed by atoms with Crippen LogP contribution in [-0.4, -0.2) is 9.85 Å². The number of halogens is 2. The molecule has 2 aromatic carbocycles. The van der Waals surface area contributed by atoms with E-state index < -0.39 is 45.2 Å². The van der Waals surface area contributed by atoms with Crippen molar-refractivity contribution in [2.75, 3.05) is 0 Å². The van der Waals surface area contributed by atoms with E-state index in [2.05, 4.69) is 0 Å². The zero-order chi connectivity index (χ0) is 16.3. The average Bonchev–Trinajstić information content (AvgIpc) is 2.45. The molecular formula is C13H8F2N2O5. The van der Waals surface area contributed by atoms with Crippen LogP contribution in [0.2, 0.25) is 0 Å². The minimum absolute atomic E-state index is 0.383. The molecule has 22 heavy (non-hydrogen) atoms. The first-order chi connectivity index (χ1) is 10.4. The number of ether oxygens (including phenoxy) is 1. The lowest BCUT2D eigenvalue weighted by Crippen LogP contribution is -2.05. The van der Waals surface area contributed by atoms with Gasteiger partial charge in [-0.05, 0) is 12.1 Å². The first kappa shape index (κ1) is 15.3. The topological polar surface area (TPSA) is 95.5 Å². The molecule has 0 atom stereocenters. The third-order valence-electron chi connectivity index (χ3n) is 2.78. The number of nitro groups is 2. The Labute approximate surface area is 122 Å². The highest BCUT2D eigenvalue weighted by molar-refractivity contribution is 5.47. The van der Waals surface area contributed by atoms with Gasteiger partial charge in [0.2, 0.25) is 0 Å². The highest BCUT2D eigenvalue weighted by Gasteiger charge is 2.21. The van der Waals surface area contributed by atoms with Gasteiger partial charge in [0.15, 0.2) is 5.75 Å². The zero-order valence-electron chi connectivity index (χ0n) is 10.9. The Kier molecular flexibility index (Phi) is 4.25. The van der Waals surface area contributed by atoms with Crippen LogP contribution in [-0.2, 0) is 6.61 Å². The molecule has 0 saturated heterocycles. The summed E-state index contributed by atoms with van der Waals surface area (Å²) in [7, 11) is 0. The Bertz CT molecular complexity index is 751. The predicted molar refractivity (Wildman–Crippen MR) is 70.4 cm³/mol. The Morgan fingerprint density at radius 1 is 1.00 bits per heavy atom. The first-order valence-corrected chi connectivity index (χ1v) is 5.88. The van der Waals surface area contributed by atoms with Crippen molar-refractivity contribution in [3.8, 4) is 5.75 Å². The van der Waals surface area contributed by atoms with Crippen LogP contribution >= 0.6 is 0 Å². The van der Waals surface area contributed by atoms with Gasteiger partial charge in [0.1, 0.15) is 23.8 Å². The Morgan fingerprint density at radius 2 is 1.68 bits per heavy atom. The summed E-state index contributed by atoms with van der Waals surface area (Å²) < 4.78 is 31.8. The van der Waals surface area contributed by atoms with Crippen molar-refractivity contribution >= 4 is 11.4 Å². The van der Waals surface area contributed by atoms with E-state index in [1.165, 1.54) is 0 Å². The van der Waals surface area contributed by atoms with Crippen molar-refractivity contribution in [3.05, 3.63) is 73.8 Å². The van der Waals surface area contributed by atoms with E-state index in [1.807, 2.05) is 0 Å². The van der Waals surface area contributed by atoms with Crippen LogP contribution < -0.4 is 4.74 Å². The average molecular weight is 310 g/mol. The van der Waals surface area contributed by atoms with Crippen molar-refractivity contribution < 1.29 is 23.4 Å². The molecule has 9 heteroatoms. The number of nitro benzene ring substituents is 2. The number of nitrogens with zero attached hydrogens (tertiary/aromatic N) is 2. The highest BCUT2D eigenvalue weighted by atomic mass is 19.1. The van der Waals surface area contributed by atoms with Gasteiger partial charge in [-0.3, -0.25) is 20.2 Å². The summed E-state index contributed by atoms with van der Waals surface area (Å²) in [6.45, 7) is -0.646. The van der Waals surface area contributed by atoms with Crippen LogP contribution in [0.5, 0.6) is 5.75 Å². The summed E-state index contributed by atoms with van der Waals surface area (Å²) in [6, 6.07) is 5.73. The molecule has 2 rings (SSSR count). The van der Waals surface area contributed by atoms with E-state index >= 15 is 0 Å². The minimum atomic E-state index is -0.895. The number of benzene rings is 2. The summed E-state index contributed by atoms with van der Waals surface area (Å²) >= 11 is 0. The van der Waals surface area contributed by atoms with Crippen LogP contribution in [0.1, 0.15) is 5.56 Å². The van der Waals surface area contributed by atoms with E-state index in [-0.39, 0.29) is 5.56 Å². The van der Waals surface area contributed by atoms with Crippen molar-refractivity contribution in [3.63, 3.8) is 0 Å². The van der Waals surface area contributed by atoms with Gasteiger partial charge >= 0.3 is 5.69 Å². The number of hydrogen-bond donors (Lipinski definition) is 0. The predicted octanol–water partition coefficient (Wildman–Crippen LogP) is 3.36. The summed E-state index contributed by atoms with van der Waals surface area (Å²) in [5, 5.41) is 21.6. The standard InChI is InChI=1S/C13H8F2N2O5/c14-8-4-5-12(17(20)21)13(6-8)22-7-9-10(15)2-1-3-11(9)16(18)19/h1-6H,7H2. The van der Waals surface area contributed by atoms with Crippen LogP contribution in [0, 0.1) is 31.9 Å². The second kappa shape index (κ2) is 6.12. The van der Waals surface area contributed by atoms with Gasteiger partial charge in [0.25, 0.3) is 5.69 Å². The quantitative estimate of drug-likeness (QED) is 0.623. The molecular weight excluding hydrogens is 302 g/mol. The van der Waals surface area contributed by atoms with Crippen molar-refractivity contribution in [1.82, 2.24) is 0 Å². The molecule has 7 nitrogen and oxygen atoms in total. The van der Waals surface area contributed by atoms with Crippen LogP contribution in [0.3, 0.4) is 0 Å². The number of rotatable bonds is 5. The maximum Gasteiger partial charge on any atom is 0.311 e. The molecule has 0 heterocycles. The molecule has 2 aromatic rings. The smallest absolute Gasteiger partial charge is 0.311 e. The molecule has 0 bridgehead atoms. The normalized spacial score (nSPS) is 10.3. The Hall–Kier alpha value is -3.10. The van der Waals surface area contributed by atoms with Gasteiger partial charge in [-0.2, -0.15) is 0 Å². The molecule has 0 spiro atoms. The molecule has 0 saturated carbocycles.